The molecule has 1 saturated heterocycles. The maximum absolute atomic E-state index is 10.0. The Bertz CT molecular complexity index is 598. The fourth-order valence-electron chi connectivity index (χ4n) is 2.90. The molecule has 2 rings (SSSR count). The molecule has 0 saturated carbocycles. The molecule has 1 aliphatic heterocycles. The Morgan fingerprint density at radius 3 is 2.69 bits per heavy atom. The first-order chi connectivity index (χ1) is 12.5. The van der Waals surface area contributed by atoms with Gasteiger partial charge in [0.1, 0.15) is 11.5 Å². The molecule has 1 aromatic carbocycles. The van der Waals surface area contributed by atoms with Gasteiger partial charge >= 0.3 is 0 Å². The molecule has 3 N–H and O–H groups in total. The van der Waals surface area contributed by atoms with Gasteiger partial charge in [0.15, 0.2) is 5.96 Å². The van der Waals surface area contributed by atoms with E-state index in [1.807, 2.05) is 6.92 Å². The molecule has 0 unspecified atom stereocenters. The van der Waals surface area contributed by atoms with Gasteiger partial charge in [-0.1, -0.05) is 0 Å². The molecule has 0 bridgehead atoms. The lowest BCUT2D eigenvalue weighted by atomic mass is 10.0. The summed E-state index contributed by atoms with van der Waals surface area (Å²) in [6, 6.07) is 5.17. The van der Waals surface area contributed by atoms with E-state index in [2.05, 4.69) is 34.4 Å². The van der Waals surface area contributed by atoms with Crippen molar-refractivity contribution in [3.05, 3.63) is 23.8 Å². The second kappa shape index (κ2) is 9.64. The summed E-state index contributed by atoms with van der Waals surface area (Å²) in [6.07, 6.45) is 0. The number of ether oxygens (including phenoxy) is 2. The Hall–Kier alpha value is -1.99. The van der Waals surface area contributed by atoms with Crippen molar-refractivity contribution < 1.29 is 14.6 Å². The van der Waals surface area contributed by atoms with Crippen molar-refractivity contribution in [2.75, 3.05) is 46.5 Å². The number of aromatic hydroxyl groups is 1. The summed E-state index contributed by atoms with van der Waals surface area (Å²) in [4.78, 5) is 7.04. The smallest absolute Gasteiger partial charge is 0.191 e. The zero-order valence-electron chi connectivity index (χ0n) is 16.3. The van der Waals surface area contributed by atoms with Crippen LogP contribution in [0.15, 0.2) is 23.2 Å². The first-order valence-corrected chi connectivity index (χ1v) is 9.17. The molecule has 0 spiro atoms. The van der Waals surface area contributed by atoms with Crippen molar-refractivity contribution >= 4 is 5.96 Å². The first kappa shape index (κ1) is 20.3. The van der Waals surface area contributed by atoms with E-state index in [4.69, 9.17) is 9.47 Å². The summed E-state index contributed by atoms with van der Waals surface area (Å²) in [5.74, 6) is 1.66. The fourth-order valence-corrected chi connectivity index (χ4v) is 2.90. The summed E-state index contributed by atoms with van der Waals surface area (Å²) < 4.78 is 10.7. The van der Waals surface area contributed by atoms with Crippen LogP contribution < -0.4 is 15.4 Å². The van der Waals surface area contributed by atoms with Gasteiger partial charge in [0, 0.05) is 37.3 Å². The average molecular weight is 364 g/mol. The van der Waals surface area contributed by atoms with E-state index in [1.165, 1.54) is 0 Å². The fraction of sp³-hybridized carbons (Fsp3) is 0.632. The molecule has 7 nitrogen and oxygen atoms in total. The highest BCUT2D eigenvalue weighted by Gasteiger charge is 2.28. The summed E-state index contributed by atoms with van der Waals surface area (Å²) in [5, 5.41) is 16.7. The largest absolute Gasteiger partial charge is 0.508 e. The zero-order chi connectivity index (χ0) is 19.0. The van der Waals surface area contributed by atoms with E-state index in [1.54, 1.807) is 25.3 Å². The van der Waals surface area contributed by atoms with E-state index in [9.17, 15) is 5.11 Å². The number of hydrogen-bond donors (Lipinski definition) is 3. The van der Waals surface area contributed by atoms with Crippen LogP contribution >= 0.6 is 0 Å². The molecule has 0 aliphatic carbocycles. The SMILES string of the molecule is CCNC(=NCc1cc(OC)ccc1O)NCC(C)(C)N1CCOCC1. The van der Waals surface area contributed by atoms with Gasteiger partial charge in [0.05, 0.1) is 26.9 Å². The summed E-state index contributed by atoms with van der Waals surface area (Å²) in [5.41, 5.74) is 0.729. The Labute approximate surface area is 156 Å². The van der Waals surface area contributed by atoms with Crippen molar-refractivity contribution in [3.8, 4) is 11.5 Å². The zero-order valence-corrected chi connectivity index (χ0v) is 16.3. The van der Waals surface area contributed by atoms with Gasteiger partial charge in [-0.2, -0.15) is 0 Å². The number of phenols is 1. The number of benzene rings is 1. The topological polar surface area (TPSA) is 78.4 Å². The van der Waals surface area contributed by atoms with Crippen LogP contribution in [0.2, 0.25) is 0 Å². The van der Waals surface area contributed by atoms with Crippen molar-refractivity contribution in [1.29, 1.82) is 0 Å². The standard InChI is InChI=1S/C19H32N4O3/c1-5-20-18(21-13-15-12-16(25-4)6-7-17(15)24)22-14-19(2,3)23-8-10-26-11-9-23/h6-7,12,24H,5,8-11,13-14H2,1-4H3,(H2,20,21,22). The minimum absolute atomic E-state index is 0.00191. The molecular weight excluding hydrogens is 332 g/mol. The Morgan fingerprint density at radius 2 is 2.04 bits per heavy atom. The van der Waals surface area contributed by atoms with Gasteiger partial charge in [0.25, 0.3) is 0 Å². The van der Waals surface area contributed by atoms with Crippen molar-refractivity contribution in [2.24, 2.45) is 4.99 Å². The molecule has 1 aliphatic rings. The Morgan fingerprint density at radius 1 is 1.31 bits per heavy atom. The predicted octanol–water partition coefficient (Wildman–Crippen LogP) is 1.57. The number of nitrogens with zero attached hydrogens (tertiary/aromatic N) is 2. The molecule has 1 aromatic rings. The quantitative estimate of drug-likeness (QED) is 0.504. The maximum Gasteiger partial charge on any atom is 0.191 e. The molecular formula is C19H32N4O3. The third kappa shape index (κ3) is 5.78. The lowest BCUT2D eigenvalue weighted by molar-refractivity contribution is -0.00834. The van der Waals surface area contributed by atoms with Crippen molar-refractivity contribution in [2.45, 2.75) is 32.9 Å². The van der Waals surface area contributed by atoms with Crippen LogP contribution in [0, 0.1) is 0 Å². The summed E-state index contributed by atoms with van der Waals surface area (Å²) >= 11 is 0. The van der Waals surface area contributed by atoms with E-state index in [-0.39, 0.29) is 11.3 Å². The molecule has 7 heteroatoms. The molecule has 0 radical (unpaired) electrons. The Balaban J connectivity index is 2.00. The van der Waals surface area contributed by atoms with Gasteiger partial charge in [-0.25, -0.2) is 4.99 Å². The molecule has 1 fully saturated rings. The van der Waals surface area contributed by atoms with E-state index in [0.717, 1.165) is 50.9 Å². The number of morpholine rings is 1. The lowest BCUT2D eigenvalue weighted by Crippen LogP contribution is -2.56. The van der Waals surface area contributed by atoms with Gasteiger partial charge < -0.3 is 25.2 Å². The predicted molar refractivity (Wildman–Crippen MR) is 104 cm³/mol. The maximum atomic E-state index is 10.0. The highest BCUT2D eigenvalue weighted by Crippen LogP contribution is 2.23. The molecule has 146 valence electrons. The second-order valence-electron chi connectivity index (χ2n) is 6.96. The lowest BCUT2D eigenvalue weighted by Gasteiger charge is -2.41. The van der Waals surface area contributed by atoms with Crippen LogP contribution in [-0.4, -0.2) is 68.0 Å². The van der Waals surface area contributed by atoms with Gasteiger partial charge in [-0.05, 0) is 39.0 Å². The highest BCUT2D eigenvalue weighted by atomic mass is 16.5. The second-order valence-corrected chi connectivity index (χ2v) is 6.96. The number of aliphatic imine (C=N–C) groups is 1. The van der Waals surface area contributed by atoms with Gasteiger partial charge in [-0.15, -0.1) is 0 Å². The van der Waals surface area contributed by atoms with E-state index >= 15 is 0 Å². The number of methoxy groups -OCH3 is 1. The molecule has 26 heavy (non-hydrogen) atoms. The molecule has 1 heterocycles. The summed E-state index contributed by atoms with van der Waals surface area (Å²) in [7, 11) is 1.61. The minimum atomic E-state index is -0.00191. The van der Waals surface area contributed by atoms with Gasteiger partial charge in [-0.3, -0.25) is 4.90 Å². The summed E-state index contributed by atoms with van der Waals surface area (Å²) in [6.45, 7) is 11.9. The van der Waals surface area contributed by atoms with Crippen molar-refractivity contribution in [1.82, 2.24) is 15.5 Å². The average Bonchev–Trinajstić information content (AvgIpc) is 2.66. The van der Waals surface area contributed by atoms with E-state index < -0.39 is 0 Å². The van der Waals surface area contributed by atoms with E-state index in [0.29, 0.717) is 12.3 Å². The number of hydrogen-bond acceptors (Lipinski definition) is 5. The number of guanidine groups is 1. The van der Waals surface area contributed by atoms with Crippen molar-refractivity contribution in [3.63, 3.8) is 0 Å². The van der Waals surface area contributed by atoms with Crippen LogP contribution in [-0.2, 0) is 11.3 Å². The third-order valence-electron chi connectivity index (χ3n) is 4.59. The molecule has 0 amide bonds. The molecule has 0 atom stereocenters. The normalized spacial score (nSPS) is 16.4. The first-order valence-electron chi connectivity index (χ1n) is 9.17. The number of nitrogens with one attached hydrogen (secondary N) is 2. The van der Waals surface area contributed by atoms with Crippen LogP contribution in [0.5, 0.6) is 11.5 Å². The van der Waals surface area contributed by atoms with Crippen LogP contribution in [0.1, 0.15) is 26.3 Å². The third-order valence-corrected chi connectivity index (χ3v) is 4.59. The molecule has 0 aromatic heterocycles. The van der Waals surface area contributed by atoms with Crippen LogP contribution in [0.25, 0.3) is 0 Å². The Kier molecular flexibility index (Phi) is 7.53. The van der Waals surface area contributed by atoms with Gasteiger partial charge in [0.2, 0.25) is 0 Å². The highest BCUT2D eigenvalue weighted by molar-refractivity contribution is 5.79. The van der Waals surface area contributed by atoms with Crippen LogP contribution in [0.4, 0.5) is 0 Å². The monoisotopic (exact) mass is 364 g/mol. The number of phenolic OH excluding ortho intramolecular Hbond substituents is 1. The minimum Gasteiger partial charge on any atom is -0.508 e. The van der Waals surface area contributed by atoms with Crippen LogP contribution in [0.3, 0.4) is 0 Å². The number of rotatable bonds is 7.